The quantitative estimate of drug-likeness (QED) is 0.765. The van der Waals surface area contributed by atoms with Crippen molar-refractivity contribution in [2.75, 3.05) is 5.32 Å². The molecule has 0 radical (unpaired) electrons. The van der Waals surface area contributed by atoms with E-state index in [9.17, 15) is 4.79 Å². The lowest BCUT2D eigenvalue weighted by atomic mass is 10.1. The third-order valence-corrected chi connectivity index (χ3v) is 3.46. The Kier molecular flexibility index (Phi) is 3.87. The molecule has 4 heteroatoms. The Hall–Kier alpha value is -1.55. The van der Waals surface area contributed by atoms with Crippen LogP contribution in [0.15, 0.2) is 24.3 Å². The summed E-state index contributed by atoms with van der Waals surface area (Å²) >= 11 is 0. The predicted molar refractivity (Wildman–Crippen MR) is 73.4 cm³/mol. The lowest BCUT2D eigenvalue weighted by Gasteiger charge is -2.09. The standard InChI is InChI=1S/C14H21N3O/c1-3-10-8-13(10)17-14(18)16-12-6-4-11(5-7-12)9(2)15/h4-7,9-10,13H,3,8,15H2,1-2H3,(H2,16,17,18). The Morgan fingerprint density at radius 3 is 2.61 bits per heavy atom. The number of carbonyl (C=O) groups excluding carboxylic acids is 1. The molecule has 4 N–H and O–H groups in total. The van der Waals surface area contributed by atoms with Crippen molar-refractivity contribution >= 4 is 11.7 Å². The van der Waals surface area contributed by atoms with E-state index >= 15 is 0 Å². The van der Waals surface area contributed by atoms with Crippen molar-refractivity contribution in [2.24, 2.45) is 11.7 Å². The molecule has 18 heavy (non-hydrogen) atoms. The van der Waals surface area contributed by atoms with Gasteiger partial charge in [-0.3, -0.25) is 0 Å². The largest absolute Gasteiger partial charge is 0.335 e. The molecule has 4 nitrogen and oxygen atoms in total. The maximum Gasteiger partial charge on any atom is 0.319 e. The van der Waals surface area contributed by atoms with E-state index in [4.69, 9.17) is 5.73 Å². The normalized spacial score (nSPS) is 23.3. The first-order valence-corrected chi connectivity index (χ1v) is 6.53. The minimum atomic E-state index is -0.121. The molecule has 0 saturated heterocycles. The number of benzene rings is 1. The van der Waals surface area contributed by atoms with E-state index in [2.05, 4.69) is 17.6 Å². The van der Waals surface area contributed by atoms with Gasteiger partial charge in [0.1, 0.15) is 0 Å². The Balaban J connectivity index is 1.83. The number of urea groups is 1. The van der Waals surface area contributed by atoms with Crippen LogP contribution in [0.2, 0.25) is 0 Å². The average Bonchev–Trinajstić information content (AvgIpc) is 3.08. The highest BCUT2D eigenvalue weighted by molar-refractivity contribution is 5.89. The minimum absolute atomic E-state index is 0.0182. The van der Waals surface area contributed by atoms with Gasteiger partial charge in [0.05, 0.1) is 0 Å². The molecule has 3 unspecified atom stereocenters. The third kappa shape index (κ3) is 3.23. The number of carbonyl (C=O) groups is 1. The second-order valence-corrected chi connectivity index (χ2v) is 5.02. The highest BCUT2D eigenvalue weighted by atomic mass is 16.2. The first-order chi connectivity index (χ1) is 8.60. The van der Waals surface area contributed by atoms with Gasteiger partial charge in [0.15, 0.2) is 0 Å². The second kappa shape index (κ2) is 5.40. The molecule has 98 valence electrons. The summed E-state index contributed by atoms with van der Waals surface area (Å²) in [5.41, 5.74) is 7.63. The van der Waals surface area contributed by atoms with Gasteiger partial charge in [-0.2, -0.15) is 0 Å². The van der Waals surface area contributed by atoms with Crippen molar-refractivity contribution in [3.63, 3.8) is 0 Å². The monoisotopic (exact) mass is 247 g/mol. The molecule has 2 rings (SSSR count). The van der Waals surface area contributed by atoms with Gasteiger partial charge >= 0.3 is 6.03 Å². The van der Waals surface area contributed by atoms with Gasteiger partial charge in [0, 0.05) is 17.8 Å². The van der Waals surface area contributed by atoms with E-state index in [-0.39, 0.29) is 12.1 Å². The summed E-state index contributed by atoms with van der Waals surface area (Å²) in [6.45, 7) is 4.09. The number of anilines is 1. The molecule has 0 spiro atoms. The zero-order chi connectivity index (χ0) is 13.1. The van der Waals surface area contributed by atoms with Crippen LogP contribution in [0.4, 0.5) is 10.5 Å². The van der Waals surface area contributed by atoms with Crippen molar-refractivity contribution in [3.05, 3.63) is 29.8 Å². The van der Waals surface area contributed by atoms with E-state index in [0.717, 1.165) is 24.1 Å². The van der Waals surface area contributed by atoms with E-state index in [1.807, 2.05) is 31.2 Å². The second-order valence-electron chi connectivity index (χ2n) is 5.02. The van der Waals surface area contributed by atoms with Crippen LogP contribution in [0.1, 0.15) is 38.3 Å². The van der Waals surface area contributed by atoms with E-state index in [0.29, 0.717) is 12.0 Å². The Morgan fingerprint density at radius 1 is 1.44 bits per heavy atom. The highest BCUT2D eigenvalue weighted by Crippen LogP contribution is 2.33. The van der Waals surface area contributed by atoms with Gasteiger partial charge in [-0.15, -0.1) is 0 Å². The van der Waals surface area contributed by atoms with Crippen molar-refractivity contribution in [2.45, 2.75) is 38.8 Å². The third-order valence-electron chi connectivity index (χ3n) is 3.46. The number of hydrogen-bond acceptors (Lipinski definition) is 2. The maximum absolute atomic E-state index is 11.7. The van der Waals surface area contributed by atoms with Crippen molar-refractivity contribution < 1.29 is 4.79 Å². The fourth-order valence-electron chi connectivity index (χ4n) is 2.08. The fourth-order valence-corrected chi connectivity index (χ4v) is 2.08. The molecule has 1 aromatic carbocycles. The zero-order valence-corrected chi connectivity index (χ0v) is 10.9. The molecule has 0 aliphatic heterocycles. The molecule has 0 heterocycles. The van der Waals surface area contributed by atoms with Gasteiger partial charge < -0.3 is 16.4 Å². The number of rotatable bonds is 4. The number of amides is 2. The molecule has 0 aromatic heterocycles. The van der Waals surface area contributed by atoms with E-state index < -0.39 is 0 Å². The first kappa shape index (κ1) is 12.9. The van der Waals surface area contributed by atoms with Crippen molar-refractivity contribution in [1.29, 1.82) is 0 Å². The van der Waals surface area contributed by atoms with Crippen LogP contribution >= 0.6 is 0 Å². The summed E-state index contributed by atoms with van der Waals surface area (Å²) in [5.74, 6) is 0.663. The average molecular weight is 247 g/mol. The topological polar surface area (TPSA) is 67.2 Å². The van der Waals surface area contributed by atoms with Crippen LogP contribution in [0.25, 0.3) is 0 Å². The van der Waals surface area contributed by atoms with Crippen molar-refractivity contribution in [1.82, 2.24) is 5.32 Å². The SMILES string of the molecule is CCC1CC1NC(=O)Nc1ccc(C(C)N)cc1. The summed E-state index contributed by atoms with van der Waals surface area (Å²) in [7, 11) is 0. The molecule has 1 fully saturated rings. The van der Waals surface area contributed by atoms with Crippen LogP contribution in [-0.2, 0) is 0 Å². The zero-order valence-electron chi connectivity index (χ0n) is 10.9. The van der Waals surface area contributed by atoms with Gasteiger partial charge in [-0.1, -0.05) is 25.5 Å². The summed E-state index contributed by atoms with van der Waals surface area (Å²) in [6.07, 6.45) is 2.24. The summed E-state index contributed by atoms with van der Waals surface area (Å²) < 4.78 is 0. The molecular weight excluding hydrogens is 226 g/mol. The lowest BCUT2D eigenvalue weighted by Crippen LogP contribution is -2.31. The number of nitrogens with one attached hydrogen (secondary N) is 2. The van der Waals surface area contributed by atoms with Crippen LogP contribution < -0.4 is 16.4 Å². The van der Waals surface area contributed by atoms with Gasteiger partial charge in [0.2, 0.25) is 0 Å². The molecule has 2 amide bonds. The Bertz CT molecular complexity index is 414. The molecular formula is C14H21N3O. The molecule has 1 saturated carbocycles. The van der Waals surface area contributed by atoms with E-state index in [1.54, 1.807) is 0 Å². The maximum atomic E-state index is 11.7. The summed E-state index contributed by atoms with van der Waals surface area (Å²) in [6, 6.07) is 7.89. The Morgan fingerprint density at radius 2 is 2.11 bits per heavy atom. The highest BCUT2D eigenvalue weighted by Gasteiger charge is 2.36. The van der Waals surface area contributed by atoms with Crippen molar-refractivity contribution in [3.8, 4) is 0 Å². The van der Waals surface area contributed by atoms with Crippen LogP contribution in [0, 0.1) is 5.92 Å². The van der Waals surface area contributed by atoms with Gasteiger partial charge in [-0.05, 0) is 37.0 Å². The van der Waals surface area contributed by atoms with Crippen LogP contribution in [-0.4, -0.2) is 12.1 Å². The molecule has 3 atom stereocenters. The smallest absolute Gasteiger partial charge is 0.319 e. The lowest BCUT2D eigenvalue weighted by molar-refractivity contribution is 0.251. The molecule has 1 aliphatic rings. The van der Waals surface area contributed by atoms with Gasteiger partial charge in [-0.25, -0.2) is 4.79 Å². The Labute approximate surface area is 108 Å². The summed E-state index contributed by atoms with van der Waals surface area (Å²) in [5, 5.41) is 5.80. The molecule has 0 bridgehead atoms. The van der Waals surface area contributed by atoms with E-state index in [1.165, 1.54) is 0 Å². The fraction of sp³-hybridized carbons (Fsp3) is 0.500. The predicted octanol–water partition coefficient (Wildman–Crippen LogP) is 2.63. The van der Waals surface area contributed by atoms with Crippen LogP contribution in [0.3, 0.4) is 0 Å². The molecule has 1 aromatic rings. The minimum Gasteiger partial charge on any atom is -0.335 e. The molecule has 1 aliphatic carbocycles. The first-order valence-electron chi connectivity index (χ1n) is 6.53. The van der Waals surface area contributed by atoms with Crippen LogP contribution in [0.5, 0.6) is 0 Å². The van der Waals surface area contributed by atoms with Gasteiger partial charge in [0.25, 0.3) is 0 Å². The number of nitrogens with two attached hydrogens (primary N) is 1. The summed E-state index contributed by atoms with van der Waals surface area (Å²) in [4.78, 5) is 11.7. The number of hydrogen-bond donors (Lipinski definition) is 3.